The minimum atomic E-state index is -0.334. The summed E-state index contributed by atoms with van der Waals surface area (Å²) in [5.74, 6) is 0.306. The summed E-state index contributed by atoms with van der Waals surface area (Å²) in [5.41, 5.74) is 0.616. The molecule has 5 nitrogen and oxygen atoms in total. The lowest BCUT2D eigenvalue weighted by Gasteiger charge is -2.15. The largest absolute Gasteiger partial charge is 0.324 e. The molecule has 0 saturated carbocycles. The standard InChI is InChI=1S/C13H15ClN4O/c1-13(2,3)10-11(19)16-12(18-17-10)15-9-6-4-8(14)5-7-9/h4-7H,1-3H3,(H2,15,16,18,19). The van der Waals surface area contributed by atoms with Crippen LogP contribution < -0.4 is 10.9 Å². The molecule has 2 rings (SSSR count). The zero-order valence-electron chi connectivity index (χ0n) is 11.0. The fourth-order valence-corrected chi connectivity index (χ4v) is 1.68. The molecule has 0 bridgehead atoms. The van der Waals surface area contributed by atoms with Gasteiger partial charge in [0.15, 0.2) is 0 Å². The molecule has 6 heteroatoms. The van der Waals surface area contributed by atoms with Gasteiger partial charge >= 0.3 is 0 Å². The SMILES string of the molecule is CC(C)(C)c1nnc(Nc2ccc(Cl)cc2)[nH]c1=O. The molecule has 1 aromatic heterocycles. The molecule has 1 aromatic carbocycles. The van der Waals surface area contributed by atoms with E-state index < -0.39 is 0 Å². The molecule has 100 valence electrons. The van der Waals surface area contributed by atoms with Gasteiger partial charge in [0.2, 0.25) is 5.95 Å². The molecule has 0 saturated heterocycles. The van der Waals surface area contributed by atoms with Crippen molar-refractivity contribution < 1.29 is 0 Å². The molecular formula is C13H15ClN4O. The lowest BCUT2D eigenvalue weighted by atomic mass is 9.93. The van der Waals surface area contributed by atoms with Crippen molar-refractivity contribution in [3.8, 4) is 0 Å². The number of hydrogen-bond acceptors (Lipinski definition) is 4. The molecular weight excluding hydrogens is 264 g/mol. The summed E-state index contributed by atoms with van der Waals surface area (Å²) in [4.78, 5) is 14.6. The van der Waals surface area contributed by atoms with Crippen molar-refractivity contribution in [2.75, 3.05) is 5.32 Å². The van der Waals surface area contributed by atoms with Gasteiger partial charge in [-0.15, -0.1) is 10.2 Å². The molecule has 0 atom stereocenters. The van der Waals surface area contributed by atoms with Gasteiger partial charge in [0.1, 0.15) is 5.69 Å². The number of halogens is 1. The first-order valence-electron chi connectivity index (χ1n) is 5.86. The summed E-state index contributed by atoms with van der Waals surface area (Å²) in [6.45, 7) is 5.75. The zero-order valence-corrected chi connectivity index (χ0v) is 11.7. The van der Waals surface area contributed by atoms with Crippen LogP contribution in [0.1, 0.15) is 26.5 Å². The van der Waals surface area contributed by atoms with Crippen LogP contribution in [0.5, 0.6) is 0 Å². The summed E-state index contributed by atoms with van der Waals surface area (Å²) in [5, 5.41) is 11.6. The van der Waals surface area contributed by atoms with Gasteiger partial charge in [-0.05, 0) is 24.3 Å². The van der Waals surface area contributed by atoms with Crippen molar-refractivity contribution in [3.63, 3.8) is 0 Å². The molecule has 2 aromatic rings. The Morgan fingerprint density at radius 2 is 1.79 bits per heavy atom. The van der Waals surface area contributed by atoms with Crippen molar-refractivity contribution in [2.24, 2.45) is 0 Å². The van der Waals surface area contributed by atoms with Crippen molar-refractivity contribution in [3.05, 3.63) is 45.3 Å². The van der Waals surface area contributed by atoms with Gasteiger partial charge in [-0.2, -0.15) is 0 Å². The smallest absolute Gasteiger partial charge is 0.274 e. The highest BCUT2D eigenvalue weighted by atomic mass is 35.5. The Bertz CT molecular complexity index is 628. The Morgan fingerprint density at radius 1 is 1.16 bits per heavy atom. The van der Waals surface area contributed by atoms with E-state index in [0.717, 1.165) is 5.69 Å². The van der Waals surface area contributed by atoms with Crippen LogP contribution in [0.15, 0.2) is 29.1 Å². The average molecular weight is 279 g/mol. The van der Waals surface area contributed by atoms with E-state index in [2.05, 4.69) is 20.5 Å². The third-order valence-corrected chi connectivity index (χ3v) is 2.77. The highest BCUT2D eigenvalue weighted by molar-refractivity contribution is 6.30. The highest BCUT2D eigenvalue weighted by Gasteiger charge is 2.20. The summed E-state index contributed by atoms with van der Waals surface area (Å²) < 4.78 is 0. The first-order valence-corrected chi connectivity index (χ1v) is 6.24. The summed E-state index contributed by atoms with van der Waals surface area (Å²) in [6.07, 6.45) is 0. The Labute approximate surface area is 116 Å². The summed E-state index contributed by atoms with van der Waals surface area (Å²) in [7, 11) is 0. The minimum Gasteiger partial charge on any atom is -0.324 e. The van der Waals surface area contributed by atoms with Gasteiger partial charge in [-0.3, -0.25) is 9.78 Å². The molecule has 0 aliphatic rings. The molecule has 19 heavy (non-hydrogen) atoms. The predicted octanol–water partition coefficient (Wildman–Crippen LogP) is 2.86. The maximum absolute atomic E-state index is 11.9. The summed E-state index contributed by atoms with van der Waals surface area (Å²) in [6, 6.07) is 7.08. The molecule has 0 spiro atoms. The number of nitrogens with zero attached hydrogens (tertiary/aromatic N) is 2. The van der Waals surface area contributed by atoms with Crippen LogP contribution in [-0.2, 0) is 5.41 Å². The van der Waals surface area contributed by atoms with Crippen molar-refractivity contribution in [1.29, 1.82) is 0 Å². The molecule has 0 radical (unpaired) electrons. The lowest BCUT2D eigenvalue weighted by Crippen LogP contribution is -2.28. The third-order valence-electron chi connectivity index (χ3n) is 2.51. The van der Waals surface area contributed by atoms with Gasteiger partial charge in [0.25, 0.3) is 5.56 Å². The second kappa shape index (κ2) is 5.01. The van der Waals surface area contributed by atoms with E-state index in [-0.39, 0.29) is 11.0 Å². The second-order valence-corrected chi connectivity index (χ2v) is 5.67. The zero-order chi connectivity index (χ0) is 14.0. The molecule has 0 aliphatic heterocycles. The average Bonchev–Trinajstić information content (AvgIpc) is 2.30. The van der Waals surface area contributed by atoms with Gasteiger partial charge in [0.05, 0.1) is 0 Å². The van der Waals surface area contributed by atoms with E-state index in [1.54, 1.807) is 24.3 Å². The topological polar surface area (TPSA) is 70.7 Å². The summed E-state index contributed by atoms with van der Waals surface area (Å²) >= 11 is 5.80. The normalized spacial score (nSPS) is 11.4. The molecule has 1 heterocycles. The van der Waals surface area contributed by atoms with E-state index in [4.69, 9.17) is 11.6 Å². The number of aromatic nitrogens is 3. The fourth-order valence-electron chi connectivity index (χ4n) is 1.55. The molecule has 0 unspecified atom stereocenters. The van der Waals surface area contributed by atoms with Crippen LogP contribution in [0.3, 0.4) is 0 Å². The number of hydrogen-bond donors (Lipinski definition) is 2. The molecule has 0 amide bonds. The van der Waals surface area contributed by atoms with Crippen molar-refractivity contribution >= 4 is 23.2 Å². The van der Waals surface area contributed by atoms with Crippen LogP contribution in [0.25, 0.3) is 0 Å². The Hall–Kier alpha value is -1.88. The van der Waals surface area contributed by atoms with E-state index in [0.29, 0.717) is 16.7 Å². The molecule has 0 fully saturated rings. The maximum Gasteiger partial charge on any atom is 0.274 e. The fraction of sp³-hybridized carbons (Fsp3) is 0.308. The Morgan fingerprint density at radius 3 is 2.32 bits per heavy atom. The van der Waals surface area contributed by atoms with Crippen molar-refractivity contribution in [2.45, 2.75) is 26.2 Å². The van der Waals surface area contributed by atoms with Crippen LogP contribution in [-0.4, -0.2) is 15.2 Å². The molecule has 2 N–H and O–H groups in total. The number of rotatable bonds is 2. The minimum absolute atomic E-state index is 0.237. The van der Waals surface area contributed by atoms with Gasteiger partial charge in [-0.1, -0.05) is 32.4 Å². The first kappa shape index (κ1) is 13.5. The first-order chi connectivity index (χ1) is 8.86. The second-order valence-electron chi connectivity index (χ2n) is 5.23. The van der Waals surface area contributed by atoms with Crippen LogP contribution in [0.4, 0.5) is 11.6 Å². The molecule has 0 aliphatic carbocycles. The number of H-pyrrole nitrogens is 1. The monoisotopic (exact) mass is 278 g/mol. The van der Waals surface area contributed by atoms with Crippen LogP contribution in [0.2, 0.25) is 5.02 Å². The lowest BCUT2D eigenvalue weighted by molar-refractivity contribution is 0.547. The van der Waals surface area contributed by atoms with Gasteiger partial charge < -0.3 is 5.32 Å². The van der Waals surface area contributed by atoms with Gasteiger partial charge in [0, 0.05) is 16.1 Å². The van der Waals surface area contributed by atoms with Crippen LogP contribution in [0, 0.1) is 0 Å². The number of benzene rings is 1. The van der Waals surface area contributed by atoms with Gasteiger partial charge in [-0.25, -0.2) is 0 Å². The van der Waals surface area contributed by atoms with Crippen LogP contribution >= 0.6 is 11.6 Å². The number of aromatic amines is 1. The highest BCUT2D eigenvalue weighted by Crippen LogP contribution is 2.17. The van der Waals surface area contributed by atoms with E-state index in [1.165, 1.54) is 0 Å². The predicted molar refractivity (Wildman–Crippen MR) is 76.1 cm³/mol. The number of nitrogens with one attached hydrogen (secondary N) is 2. The Balaban J connectivity index is 2.26. The van der Waals surface area contributed by atoms with E-state index >= 15 is 0 Å². The maximum atomic E-state index is 11.9. The van der Waals surface area contributed by atoms with Crippen molar-refractivity contribution in [1.82, 2.24) is 15.2 Å². The quantitative estimate of drug-likeness (QED) is 0.886. The number of anilines is 2. The Kier molecular flexibility index (Phi) is 3.57. The van der Waals surface area contributed by atoms with E-state index in [1.807, 2.05) is 20.8 Å². The third kappa shape index (κ3) is 3.32. The van der Waals surface area contributed by atoms with E-state index in [9.17, 15) is 4.79 Å².